The Hall–Kier alpha value is -3.49. The lowest BCUT2D eigenvalue weighted by Gasteiger charge is -2.42. The van der Waals surface area contributed by atoms with Gasteiger partial charge in [-0.05, 0) is 35.9 Å². The van der Waals surface area contributed by atoms with Crippen molar-refractivity contribution in [2.24, 2.45) is 5.92 Å². The molecule has 4 rings (SSSR count). The van der Waals surface area contributed by atoms with Gasteiger partial charge >= 0.3 is 6.09 Å². The number of amides is 1. The number of likely N-dealkylation sites (N-methyl/N-ethyl adjacent to an activating group) is 1. The summed E-state index contributed by atoms with van der Waals surface area (Å²) in [6.45, 7) is 7.39. The minimum absolute atomic E-state index is 0.00150. The van der Waals surface area contributed by atoms with Crippen LogP contribution in [0.25, 0.3) is 0 Å². The van der Waals surface area contributed by atoms with Crippen LogP contribution in [0, 0.1) is 5.92 Å². The van der Waals surface area contributed by atoms with E-state index in [1.54, 1.807) is 12.1 Å². The van der Waals surface area contributed by atoms with Crippen LogP contribution in [0.15, 0.2) is 91.5 Å². The first-order valence-electron chi connectivity index (χ1n) is 12.8. The monoisotopic (exact) mass is 516 g/mol. The molecule has 0 aliphatic carbocycles. The van der Waals surface area contributed by atoms with E-state index in [1.807, 2.05) is 42.5 Å². The molecule has 0 spiro atoms. The number of carbonyl (C=O) groups is 1. The van der Waals surface area contributed by atoms with Crippen molar-refractivity contribution < 1.29 is 24.1 Å². The standard InChI is InChI=1S/C31H36N2O5/c1-4-18-36-31(35)32-27-16-14-26(15-17-27)30-37-28(20-33(3)19-23-8-6-5-7-9-23)22(2)29(38-30)25-12-10-24(21-34)11-13-25/h4-17,22,28-30,34H,1,18-21H2,2-3H3,(H,32,35)/t22-,28+,29+,30+/m1/s1. The molecule has 0 aromatic heterocycles. The first-order chi connectivity index (χ1) is 18.5. The van der Waals surface area contributed by atoms with E-state index in [-0.39, 0.29) is 31.3 Å². The molecule has 0 radical (unpaired) electrons. The Morgan fingerprint density at radius 2 is 1.68 bits per heavy atom. The molecule has 1 aliphatic rings. The van der Waals surface area contributed by atoms with Crippen molar-refractivity contribution in [3.05, 3.63) is 114 Å². The van der Waals surface area contributed by atoms with Crippen LogP contribution in [0.4, 0.5) is 10.5 Å². The Morgan fingerprint density at radius 3 is 2.34 bits per heavy atom. The number of anilines is 1. The van der Waals surface area contributed by atoms with E-state index in [0.717, 1.165) is 29.8 Å². The molecule has 1 aliphatic heterocycles. The van der Waals surface area contributed by atoms with Crippen molar-refractivity contribution in [3.63, 3.8) is 0 Å². The predicted molar refractivity (Wildman–Crippen MR) is 147 cm³/mol. The molecule has 200 valence electrons. The van der Waals surface area contributed by atoms with Crippen LogP contribution in [0.1, 0.15) is 41.6 Å². The molecular weight excluding hydrogens is 480 g/mol. The van der Waals surface area contributed by atoms with Gasteiger partial charge in [0.2, 0.25) is 0 Å². The molecule has 38 heavy (non-hydrogen) atoms. The second kappa shape index (κ2) is 13.3. The van der Waals surface area contributed by atoms with Crippen LogP contribution in [0.5, 0.6) is 0 Å². The second-order valence-corrected chi connectivity index (χ2v) is 9.64. The minimum atomic E-state index is -0.578. The predicted octanol–water partition coefficient (Wildman–Crippen LogP) is 5.84. The van der Waals surface area contributed by atoms with Gasteiger partial charge in [-0.3, -0.25) is 10.2 Å². The zero-order valence-electron chi connectivity index (χ0n) is 22.0. The highest BCUT2D eigenvalue weighted by molar-refractivity contribution is 5.84. The van der Waals surface area contributed by atoms with Gasteiger partial charge in [0.15, 0.2) is 6.29 Å². The van der Waals surface area contributed by atoms with Gasteiger partial charge in [-0.2, -0.15) is 0 Å². The third kappa shape index (κ3) is 7.30. The maximum Gasteiger partial charge on any atom is 0.411 e. The fraction of sp³-hybridized carbons (Fsp3) is 0.323. The molecule has 0 bridgehead atoms. The van der Waals surface area contributed by atoms with Crippen LogP contribution in [-0.4, -0.2) is 42.4 Å². The summed E-state index contributed by atoms with van der Waals surface area (Å²) in [5, 5.41) is 12.2. The zero-order chi connectivity index (χ0) is 26.9. The van der Waals surface area contributed by atoms with Crippen LogP contribution in [0.2, 0.25) is 0 Å². The summed E-state index contributed by atoms with van der Waals surface area (Å²) >= 11 is 0. The van der Waals surface area contributed by atoms with Crippen LogP contribution in [0.3, 0.4) is 0 Å². The van der Waals surface area contributed by atoms with Crippen molar-refractivity contribution in [1.29, 1.82) is 0 Å². The molecule has 1 amide bonds. The number of hydrogen-bond donors (Lipinski definition) is 2. The topological polar surface area (TPSA) is 80.3 Å². The Bertz CT molecular complexity index is 1170. The Labute approximate surface area is 224 Å². The molecule has 1 saturated heterocycles. The Balaban J connectivity index is 1.52. The first kappa shape index (κ1) is 27.5. The Kier molecular flexibility index (Phi) is 9.67. The third-order valence-corrected chi connectivity index (χ3v) is 6.67. The first-order valence-corrected chi connectivity index (χ1v) is 12.8. The molecule has 7 heteroatoms. The fourth-order valence-electron chi connectivity index (χ4n) is 4.61. The summed E-state index contributed by atoms with van der Waals surface area (Å²) in [7, 11) is 2.10. The summed E-state index contributed by atoms with van der Waals surface area (Å²) in [5.41, 5.74) is 4.62. The smallest absolute Gasteiger partial charge is 0.411 e. The summed E-state index contributed by atoms with van der Waals surface area (Å²) in [4.78, 5) is 14.1. The average molecular weight is 517 g/mol. The molecule has 2 N–H and O–H groups in total. The molecule has 0 saturated carbocycles. The van der Waals surface area contributed by atoms with E-state index in [0.29, 0.717) is 5.69 Å². The molecule has 3 aromatic carbocycles. The minimum Gasteiger partial charge on any atom is -0.445 e. The highest BCUT2D eigenvalue weighted by atomic mass is 16.7. The number of benzene rings is 3. The van der Waals surface area contributed by atoms with Crippen molar-refractivity contribution in [3.8, 4) is 0 Å². The molecule has 3 aromatic rings. The third-order valence-electron chi connectivity index (χ3n) is 6.67. The van der Waals surface area contributed by atoms with Gasteiger partial charge in [0, 0.05) is 30.3 Å². The van der Waals surface area contributed by atoms with E-state index in [4.69, 9.17) is 14.2 Å². The van der Waals surface area contributed by atoms with Crippen molar-refractivity contribution in [2.45, 2.75) is 38.6 Å². The molecule has 7 nitrogen and oxygen atoms in total. The lowest BCUT2D eigenvalue weighted by molar-refractivity contribution is -0.276. The maximum absolute atomic E-state index is 11.9. The van der Waals surface area contributed by atoms with E-state index in [1.165, 1.54) is 11.6 Å². The molecule has 1 heterocycles. The van der Waals surface area contributed by atoms with Gasteiger partial charge < -0.3 is 19.3 Å². The molecule has 0 unspecified atom stereocenters. The van der Waals surface area contributed by atoms with E-state index in [2.05, 4.69) is 55.0 Å². The van der Waals surface area contributed by atoms with Gasteiger partial charge in [0.1, 0.15) is 6.61 Å². The second-order valence-electron chi connectivity index (χ2n) is 9.64. The quantitative estimate of drug-likeness (QED) is 0.330. The van der Waals surface area contributed by atoms with Gasteiger partial charge in [0.05, 0.1) is 18.8 Å². The normalized spacial score (nSPS) is 21.2. The number of aliphatic hydroxyl groups excluding tert-OH is 1. The summed E-state index contributed by atoms with van der Waals surface area (Å²) in [6.07, 6.45) is 0.123. The number of nitrogens with one attached hydrogen (secondary N) is 1. The van der Waals surface area contributed by atoms with Gasteiger partial charge in [0.25, 0.3) is 0 Å². The van der Waals surface area contributed by atoms with E-state index in [9.17, 15) is 9.90 Å². The number of ether oxygens (including phenoxy) is 3. The summed E-state index contributed by atoms with van der Waals surface area (Å²) in [6, 6.07) is 25.7. The zero-order valence-corrected chi connectivity index (χ0v) is 22.0. The SMILES string of the molecule is C=CCOC(=O)Nc1ccc([C@H]2O[C@@H](CN(C)Cc3ccccc3)[C@@H](C)[C@@H](c3ccc(CO)cc3)O2)cc1. The summed E-state index contributed by atoms with van der Waals surface area (Å²) < 4.78 is 18.0. The van der Waals surface area contributed by atoms with E-state index >= 15 is 0 Å². The van der Waals surface area contributed by atoms with Crippen LogP contribution in [-0.2, 0) is 27.4 Å². The van der Waals surface area contributed by atoms with E-state index < -0.39 is 12.4 Å². The van der Waals surface area contributed by atoms with Crippen LogP contribution >= 0.6 is 0 Å². The highest BCUT2D eigenvalue weighted by Crippen LogP contribution is 2.42. The van der Waals surface area contributed by atoms with Crippen molar-refractivity contribution in [1.82, 2.24) is 4.90 Å². The number of carbonyl (C=O) groups excluding carboxylic acids is 1. The lowest BCUT2D eigenvalue weighted by atomic mass is 9.90. The Morgan fingerprint density at radius 1 is 1.00 bits per heavy atom. The van der Waals surface area contributed by atoms with Crippen molar-refractivity contribution >= 4 is 11.8 Å². The lowest BCUT2D eigenvalue weighted by Crippen LogP contribution is -2.43. The largest absolute Gasteiger partial charge is 0.445 e. The van der Waals surface area contributed by atoms with Gasteiger partial charge in [-0.15, -0.1) is 0 Å². The summed E-state index contributed by atoms with van der Waals surface area (Å²) in [5.74, 6) is 0.0880. The highest BCUT2D eigenvalue weighted by Gasteiger charge is 2.38. The van der Waals surface area contributed by atoms with Gasteiger partial charge in [-0.25, -0.2) is 4.79 Å². The maximum atomic E-state index is 11.9. The molecular formula is C31H36N2O5. The number of hydrogen-bond acceptors (Lipinski definition) is 6. The molecule has 4 atom stereocenters. The number of nitrogens with zero attached hydrogens (tertiary/aromatic N) is 1. The van der Waals surface area contributed by atoms with Gasteiger partial charge in [-0.1, -0.05) is 86.3 Å². The average Bonchev–Trinajstić information content (AvgIpc) is 2.94. The van der Waals surface area contributed by atoms with Crippen molar-refractivity contribution in [2.75, 3.05) is 25.5 Å². The fourth-order valence-corrected chi connectivity index (χ4v) is 4.61. The number of rotatable bonds is 10. The molecule has 1 fully saturated rings. The number of aliphatic hydroxyl groups is 1. The van der Waals surface area contributed by atoms with Crippen LogP contribution < -0.4 is 5.32 Å².